The van der Waals surface area contributed by atoms with Crippen molar-refractivity contribution >= 4 is 5.91 Å². The number of amides is 1. The van der Waals surface area contributed by atoms with Crippen molar-refractivity contribution < 1.29 is 9.18 Å². The zero-order valence-corrected chi connectivity index (χ0v) is 9.66. The molecule has 0 saturated heterocycles. The van der Waals surface area contributed by atoms with Gasteiger partial charge in [-0.15, -0.1) is 0 Å². The van der Waals surface area contributed by atoms with E-state index in [1.807, 2.05) is 6.07 Å². The summed E-state index contributed by atoms with van der Waals surface area (Å²) in [6, 6.07) is 5.02. The van der Waals surface area contributed by atoms with Crippen LogP contribution in [0.15, 0.2) is 18.2 Å². The summed E-state index contributed by atoms with van der Waals surface area (Å²) in [5.41, 5.74) is 1.69. The molecule has 0 fully saturated rings. The van der Waals surface area contributed by atoms with Gasteiger partial charge in [0.15, 0.2) is 0 Å². The van der Waals surface area contributed by atoms with E-state index in [0.717, 1.165) is 23.4 Å². The van der Waals surface area contributed by atoms with Gasteiger partial charge in [0.2, 0.25) is 5.91 Å². The van der Waals surface area contributed by atoms with Crippen LogP contribution in [0.3, 0.4) is 0 Å². The number of aryl methyl sites for hydroxylation is 2. The Balaban J connectivity index is 2.43. The fourth-order valence-electron chi connectivity index (χ4n) is 1.48. The quantitative estimate of drug-likeness (QED) is 0.481. The zero-order valence-electron chi connectivity index (χ0n) is 9.66. The van der Waals surface area contributed by atoms with Crippen molar-refractivity contribution in [3.05, 3.63) is 35.1 Å². The molecule has 4 heteroatoms. The summed E-state index contributed by atoms with van der Waals surface area (Å²) >= 11 is 0. The van der Waals surface area contributed by atoms with Gasteiger partial charge in [0.1, 0.15) is 5.82 Å². The highest BCUT2D eigenvalue weighted by molar-refractivity contribution is 5.75. The van der Waals surface area contributed by atoms with Gasteiger partial charge in [-0.25, -0.2) is 10.2 Å². The number of hydrazine groups is 1. The molecule has 0 aliphatic carbocycles. The van der Waals surface area contributed by atoms with Crippen molar-refractivity contribution in [3.8, 4) is 0 Å². The van der Waals surface area contributed by atoms with E-state index in [4.69, 9.17) is 5.84 Å². The van der Waals surface area contributed by atoms with Crippen LogP contribution in [0.25, 0.3) is 0 Å². The third-order valence-electron chi connectivity index (χ3n) is 2.47. The highest BCUT2D eigenvalue weighted by Gasteiger charge is 2.04. The smallest absolute Gasteiger partial charge is 0.236 e. The van der Waals surface area contributed by atoms with Crippen molar-refractivity contribution in [1.29, 1.82) is 0 Å². The molecule has 1 amide bonds. The van der Waals surface area contributed by atoms with E-state index < -0.39 is 0 Å². The molecule has 1 rings (SSSR count). The number of nitrogens with zero attached hydrogens (tertiary/aromatic N) is 1. The Bertz CT molecular complexity index is 377. The third kappa shape index (κ3) is 3.62. The maximum Gasteiger partial charge on any atom is 0.236 e. The van der Waals surface area contributed by atoms with E-state index in [1.54, 1.807) is 13.0 Å². The van der Waals surface area contributed by atoms with Gasteiger partial charge < -0.3 is 0 Å². The monoisotopic (exact) mass is 224 g/mol. The van der Waals surface area contributed by atoms with Crippen LogP contribution >= 0.6 is 0 Å². The molecule has 1 aromatic rings. The number of halogens is 1. The SMILES string of the molecule is Cc1cc(CCCC(=O)N(C)N)ccc1F. The molecule has 0 aliphatic heterocycles. The van der Waals surface area contributed by atoms with E-state index in [2.05, 4.69) is 0 Å². The predicted octanol–water partition coefficient (Wildman–Crippen LogP) is 1.79. The van der Waals surface area contributed by atoms with Gasteiger partial charge in [-0.05, 0) is 37.0 Å². The largest absolute Gasteiger partial charge is 0.284 e. The maximum absolute atomic E-state index is 13.0. The molecule has 0 aliphatic rings. The van der Waals surface area contributed by atoms with Crippen LogP contribution < -0.4 is 5.84 Å². The second kappa shape index (κ2) is 5.61. The van der Waals surface area contributed by atoms with Crippen molar-refractivity contribution in [2.45, 2.75) is 26.2 Å². The van der Waals surface area contributed by atoms with E-state index in [0.29, 0.717) is 12.0 Å². The Morgan fingerprint density at radius 2 is 2.19 bits per heavy atom. The second-order valence-corrected chi connectivity index (χ2v) is 3.94. The first-order chi connectivity index (χ1) is 7.50. The number of benzene rings is 1. The van der Waals surface area contributed by atoms with Crippen molar-refractivity contribution in [1.82, 2.24) is 5.01 Å². The normalized spacial score (nSPS) is 10.2. The minimum absolute atomic E-state index is 0.0844. The van der Waals surface area contributed by atoms with E-state index in [-0.39, 0.29) is 11.7 Å². The van der Waals surface area contributed by atoms with Crippen LogP contribution in [0, 0.1) is 12.7 Å². The van der Waals surface area contributed by atoms with Crippen LogP contribution in [0.2, 0.25) is 0 Å². The molecule has 0 radical (unpaired) electrons. The number of rotatable bonds is 4. The summed E-state index contributed by atoms with van der Waals surface area (Å²) in [6.07, 6.45) is 1.91. The van der Waals surface area contributed by atoms with Crippen molar-refractivity contribution in [2.75, 3.05) is 7.05 Å². The van der Waals surface area contributed by atoms with Gasteiger partial charge in [-0.2, -0.15) is 0 Å². The third-order valence-corrected chi connectivity index (χ3v) is 2.47. The molecule has 0 atom stereocenters. The molecular formula is C12H17FN2O. The molecule has 0 saturated carbocycles. The molecular weight excluding hydrogens is 207 g/mol. The summed E-state index contributed by atoms with van der Waals surface area (Å²) in [6.45, 7) is 1.73. The highest BCUT2D eigenvalue weighted by atomic mass is 19.1. The van der Waals surface area contributed by atoms with Gasteiger partial charge >= 0.3 is 0 Å². The van der Waals surface area contributed by atoms with Crippen LogP contribution in [-0.4, -0.2) is 18.0 Å². The zero-order chi connectivity index (χ0) is 12.1. The Labute approximate surface area is 95.0 Å². The van der Waals surface area contributed by atoms with Crippen molar-refractivity contribution in [3.63, 3.8) is 0 Å². The number of hydrogen-bond donors (Lipinski definition) is 1. The molecule has 0 unspecified atom stereocenters. The Hall–Kier alpha value is -1.42. The lowest BCUT2D eigenvalue weighted by atomic mass is 10.1. The second-order valence-electron chi connectivity index (χ2n) is 3.94. The summed E-state index contributed by atoms with van der Waals surface area (Å²) in [4.78, 5) is 11.2. The summed E-state index contributed by atoms with van der Waals surface area (Å²) in [5.74, 6) is 5.02. The lowest BCUT2D eigenvalue weighted by Crippen LogP contribution is -2.32. The minimum Gasteiger partial charge on any atom is -0.284 e. The van der Waals surface area contributed by atoms with E-state index >= 15 is 0 Å². The van der Waals surface area contributed by atoms with Gasteiger partial charge in [-0.1, -0.05) is 12.1 Å². The van der Waals surface area contributed by atoms with Gasteiger partial charge in [0.25, 0.3) is 0 Å². The van der Waals surface area contributed by atoms with Gasteiger partial charge in [0, 0.05) is 13.5 Å². The standard InChI is InChI=1S/C12H17FN2O/c1-9-8-10(6-7-11(9)13)4-3-5-12(16)15(2)14/h6-8H,3-5,14H2,1-2H3. The summed E-state index contributed by atoms with van der Waals surface area (Å²) < 4.78 is 13.0. The first kappa shape index (κ1) is 12.6. The van der Waals surface area contributed by atoms with Crippen LogP contribution in [0.5, 0.6) is 0 Å². The first-order valence-electron chi connectivity index (χ1n) is 5.27. The van der Waals surface area contributed by atoms with Gasteiger partial charge in [0.05, 0.1) is 0 Å². The molecule has 1 aromatic carbocycles. The Kier molecular flexibility index (Phi) is 4.43. The topological polar surface area (TPSA) is 46.3 Å². The summed E-state index contributed by atoms with van der Waals surface area (Å²) in [5, 5.41) is 1.09. The van der Waals surface area contributed by atoms with Crippen molar-refractivity contribution in [2.24, 2.45) is 5.84 Å². The molecule has 0 bridgehead atoms. The average molecular weight is 224 g/mol. The molecule has 0 aromatic heterocycles. The minimum atomic E-state index is -0.193. The fourth-order valence-corrected chi connectivity index (χ4v) is 1.48. The maximum atomic E-state index is 13.0. The average Bonchev–Trinajstić information content (AvgIpc) is 2.23. The van der Waals surface area contributed by atoms with Gasteiger partial charge in [-0.3, -0.25) is 9.80 Å². The lowest BCUT2D eigenvalue weighted by molar-refractivity contribution is -0.130. The number of nitrogens with two attached hydrogens (primary N) is 1. The molecule has 0 spiro atoms. The number of carbonyl (C=O) groups excluding carboxylic acids is 1. The number of hydrogen-bond acceptors (Lipinski definition) is 2. The molecule has 16 heavy (non-hydrogen) atoms. The Morgan fingerprint density at radius 3 is 2.75 bits per heavy atom. The van der Waals surface area contributed by atoms with E-state index in [9.17, 15) is 9.18 Å². The molecule has 2 N–H and O–H groups in total. The summed E-state index contributed by atoms with van der Waals surface area (Å²) in [7, 11) is 1.53. The van der Waals surface area contributed by atoms with Crippen LogP contribution in [0.4, 0.5) is 4.39 Å². The highest BCUT2D eigenvalue weighted by Crippen LogP contribution is 2.11. The van der Waals surface area contributed by atoms with Crippen LogP contribution in [-0.2, 0) is 11.2 Å². The van der Waals surface area contributed by atoms with E-state index in [1.165, 1.54) is 13.1 Å². The molecule has 3 nitrogen and oxygen atoms in total. The Morgan fingerprint density at radius 1 is 1.50 bits per heavy atom. The molecule has 88 valence electrons. The first-order valence-corrected chi connectivity index (χ1v) is 5.27. The fraction of sp³-hybridized carbons (Fsp3) is 0.417. The predicted molar refractivity (Wildman–Crippen MR) is 61.0 cm³/mol. The molecule has 0 heterocycles. The van der Waals surface area contributed by atoms with Crippen LogP contribution in [0.1, 0.15) is 24.0 Å². The lowest BCUT2D eigenvalue weighted by Gasteiger charge is -2.09. The number of carbonyl (C=O) groups is 1.